The predicted octanol–water partition coefficient (Wildman–Crippen LogP) is -1.18. The molecule has 2 aromatic rings. The van der Waals surface area contributed by atoms with E-state index in [0.717, 1.165) is 11.7 Å². The summed E-state index contributed by atoms with van der Waals surface area (Å²) in [5, 5.41) is 8.78. The van der Waals surface area contributed by atoms with Crippen molar-refractivity contribution < 1.29 is 5.11 Å². The zero-order valence-electron chi connectivity index (χ0n) is 7.04. The van der Waals surface area contributed by atoms with E-state index in [1.54, 1.807) is 0 Å². The number of nitrogens with two attached hydrogens (primary N) is 1. The molecule has 0 spiro atoms. The van der Waals surface area contributed by atoms with Crippen LogP contribution in [-0.2, 0) is 6.54 Å². The molecule has 3 N–H and O–H groups in total. The van der Waals surface area contributed by atoms with Crippen LogP contribution in [0.4, 0.5) is 5.95 Å². The highest BCUT2D eigenvalue weighted by Crippen LogP contribution is 2.09. The molecule has 0 atom stereocenters. The SMILES string of the molecule is Nc1nc(=O)c2nsnc2n1CCO. The average Bonchev–Trinajstić information content (AvgIpc) is 2.60. The Hall–Kier alpha value is -1.54. The second-order valence-corrected chi connectivity index (χ2v) is 3.12. The summed E-state index contributed by atoms with van der Waals surface area (Å²) in [5.74, 6) is 0.0456. The number of fused-ring (bicyclic) bond motifs is 1. The van der Waals surface area contributed by atoms with Gasteiger partial charge in [0, 0.05) is 0 Å². The number of aromatic nitrogens is 4. The lowest BCUT2D eigenvalue weighted by Gasteiger charge is -2.06. The number of nitrogen functional groups attached to an aromatic ring is 1. The summed E-state index contributed by atoms with van der Waals surface area (Å²) in [4.78, 5) is 14.8. The maximum absolute atomic E-state index is 11.3. The third-order valence-corrected chi connectivity index (χ3v) is 2.26. The maximum atomic E-state index is 11.3. The van der Waals surface area contributed by atoms with Crippen molar-refractivity contribution in [2.75, 3.05) is 12.3 Å². The summed E-state index contributed by atoms with van der Waals surface area (Å²) < 4.78 is 9.18. The summed E-state index contributed by atoms with van der Waals surface area (Å²) in [6.07, 6.45) is 0. The van der Waals surface area contributed by atoms with E-state index in [2.05, 4.69) is 13.7 Å². The fourth-order valence-corrected chi connectivity index (χ4v) is 1.69. The summed E-state index contributed by atoms with van der Waals surface area (Å²) >= 11 is 0.918. The smallest absolute Gasteiger partial charge is 0.303 e. The Bertz CT molecular complexity index is 518. The highest BCUT2D eigenvalue weighted by Gasteiger charge is 2.11. The molecular formula is C6H7N5O2S. The zero-order chi connectivity index (χ0) is 10.1. The van der Waals surface area contributed by atoms with Crippen molar-refractivity contribution in [1.82, 2.24) is 18.3 Å². The molecule has 0 aliphatic rings. The van der Waals surface area contributed by atoms with Crippen molar-refractivity contribution >= 4 is 28.8 Å². The van der Waals surface area contributed by atoms with E-state index in [9.17, 15) is 4.79 Å². The van der Waals surface area contributed by atoms with Crippen LogP contribution < -0.4 is 11.3 Å². The fourth-order valence-electron chi connectivity index (χ4n) is 1.14. The lowest BCUT2D eigenvalue weighted by atomic mass is 10.5. The van der Waals surface area contributed by atoms with Crippen molar-refractivity contribution in [3.8, 4) is 0 Å². The molecule has 8 heteroatoms. The first-order chi connectivity index (χ1) is 6.74. The molecule has 7 nitrogen and oxygen atoms in total. The predicted molar refractivity (Wildman–Crippen MR) is 51.0 cm³/mol. The fraction of sp³-hybridized carbons (Fsp3) is 0.333. The minimum absolute atomic E-state index is 0.0456. The first kappa shape index (κ1) is 9.03. The Balaban J connectivity index is 2.79. The zero-order valence-corrected chi connectivity index (χ0v) is 7.86. The summed E-state index contributed by atoms with van der Waals surface area (Å²) in [7, 11) is 0. The van der Waals surface area contributed by atoms with E-state index in [1.165, 1.54) is 4.57 Å². The maximum Gasteiger partial charge on any atom is 0.303 e. The molecule has 0 fully saturated rings. The van der Waals surface area contributed by atoms with E-state index in [0.29, 0.717) is 5.65 Å². The Morgan fingerprint density at radius 3 is 3.00 bits per heavy atom. The van der Waals surface area contributed by atoms with Crippen LogP contribution in [0.1, 0.15) is 0 Å². The van der Waals surface area contributed by atoms with Gasteiger partial charge in [-0.3, -0.25) is 9.36 Å². The van der Waals surface area contributed by atoms with E-state index < -0.39 is 5.56 Å². The number of aliphatic hydroxyl groups is 1. The van der Waals surface area contributed by atoms with Crippen molar-refractivity contribution in [1.29, 1.82) is 0 Å². The monoisotopic (exact) mass is 213 g/mol. The minimum atomic E-state index is -0.486. The molecule has 0 unspecified atom stereocenters. The van der Waals surface area contributed by atoms with E-state index in [-0.39, 0.29) is 24.6 Å². The second-order valence-electron chi connectivity index (χ2n) is 2.59. The molecule has 0 amide bonds. The van der Waals surface area contributed by atoms with Crippen LogP contribution in [0.25, 0.3) is 11.2 Å². The lowest BCUT2D eigenvalue weighted by molar-refractivity contribution is 0.278. The third kappa shape index (κ3) is 1.24. The summed E-state index contributed by atoms with van der Waals surface area (Å²) in [6, 6.07) is 0. The van der Waals surface area contributed by atoms with Gasteiger partial charge in [0.25, 0.3) is 0 Å². The highest BCUT2D eigenvalue weighted by atomic mass is 32.1. The number of hydrogen-bond acceptors (Lipinski definition) is 7. The van der Waals surface area contributed by atoms with Crippen LogP contribution >= 0.6 is 11.7 Å². The molecule has 14 heavy (non-hydrogen) atoms. The molecule has 2 rings (SSSR count). The molecule has 74 valence electrons. The van der Waals surface area contributed by atoms with Gasteiger partial charge in [0.2, 0.25) is 5.95 Å². The van der Waals surface area contributed by atoms with Gasteiger partial charge in [0.05, 0.1) is 24.9 Å². The van der Waals surface area contributed by atoms with Gasteiger partial charge in [-0.05, 0) is 0 Å². The standard InChI is InChI=1S/C6H7N5O2S/c7-6-8-5(13)3-4(10-14-9-3)11(6)1-2-12/h12H,1-2H2,(H2,7,8,13). The lowest BCUT2D eigenvalue weighted by Crippen LogP contribution is -2.19. The van der Waals surface area contributed by atoms with Crippen molar-refractivity contribution in [2.24, 2.45) is 0 Å². The van der Waals surface area contributed by atoms with Crippen molar-refractivity contribution in [3.05, 3.63) is 10.4 Å². The molecule has 0 radical (unpaired) electrons. The van der Waals surface area contributed by atoms with Gasteiger partial charge in [-0.25, -0.2) is 0 Å². The molecule has 0 bridgehead atoms. The second kappa shape index (κ2) is 3.31. The van der Waals surface area contributed by atoms with Crippen LogP contribution in [0.5, 0.6) is 0 Å². The number of anilines is 1. The molecule has 0 aliphatic heterocycles. The number of aliphatic hydroxyl groups excluding tert-OH is 1. The molecule has 2 heterocycles. The first-order valence-electron chi connectivity index (χ1n) is 3.83. The average molecular weight is 213 g/mol. The van der Waals surface area contributed by atoms with Gasteiger partial charge in [0.1, 0.15) is 0 Å². The van der Waals surface area contributed by atoms with Crippen molar-refractivity contribution in [3.63, 3.8) is 0 Å². The quantitative estimate of drug-likeness (QED) is 0.650. The molecular weight excluding hydrogens is 206 g/mol. The van der Waals surface area contributed by atoms with E-state index in [1.807, 2.05) is 0 Å². The van der Waals surface area contributed by atoms with Gasteiger partial charge in [-0.15, -0.1) is 0 Å². The normalized spacial score (nSPS) is 10.9. The number of hydrogen-bond donors (Lipinski definition) is 2. The summed E-state index contributed by atoms with van der Waals surface area (Å²) in [6.45, 7) is 0.155. The van der Waals surface area contributed by atoms with E-state index in [4.69, 9.17) is 10.8 Å². The van der Waals surface area contributed by atoms with Crippen LogP contribution in [0.2, 0.25) is 0 Å². The summed E-state index contributed by atoms with van der Waals surface area (Å²) in [5.41, 5.74) is 5.59. The van der Waals surface area contributed by atoms with Gasteiger partial charge < -0.3 is 10.8 Å². The molecule has 2 aromatic heterocycles. The molecule has 0 aromatic carbocycles. The van der Waals surface area contributed by atoms with E-state index >= 15 is 0 Å². The minimum Gasteiger partial charge on any atom is -0.395 e. The first-order valence-corrected chi connectivity index (χ1v) is 4.56. The Morgan fingerprint density at radius 2 is 2.29 bits per heavy atom. The topological polar surface area (TPSA) is 107 Å². The third-order valence-electron chi connectivity index (χ3n) is 1.75. The van der Waals surface area contributed by atoms with Gasteiger partial charge in [-0.1, -0.05) is 0 Å². The van der Waals surface area contributed by atoms with Gasteiger partial charge >= 0.3 is 5.56 Å². The molecule has 0 saturated carbocycles. The molecule has 0 saturated heterocycles. The largest absolute Gasteiger partial charge is 0.395 e. The number of nitrogens with zero attached hydrogens (tertiary/aromatic N) is 4. The van der Waals surface area contributed by atoms with Gasteiger partial charge in [0.15, 0.2) is 11.2 Å². The van der Waals surface area contributed by atoms with Crippen LogP contribution in [0.3, 0.4) is 0 Å². The Labute approximate surface area is 82.1 Å². The van der Waals surface area contributed by atoms with Crippen LogP contribution in [0.15, 0.2) is 4.79 Å². The Morgan fingerprint density at radius 1 is 1.50 bits per heavy atom. The molecule has 0 aliphatic carbocycles. The van der Waals surface area contributed by atoms with Crippen molar-refractivity contribution in [2.45, 2.75) is 6.54 Å². The van der Waals surface area contributed by atoms with Gasteiger partial charge in [-0.2, -0.15) is 13.7 Å². The van der Waals surface area contributed by atoms with Crippen LogP contribution in [-0.4, -0.2) is 30.0 Å². The Kier molecular flexibility index (Phi) is 2.14. The van der Waals surface area contributed by atoms with Crippen LogP contribution in [0, 0.1) is 0 Å². The number of rotatable bonds is 2. The highest BCUT2D eigenvalue weighted by molar-refractivity contribution is 7.00.